The van der Waals surface area contributed by atoms with Crippen molar-refractivity contribution in [2.45, 2.75) is 44.9 Å². The summed E-state index contributed by atoms with van der Waals surface area (Å²) < 4.78 is 0. The largest absolute Gasteiger partial charge is 0.355 e. The quantitative estimate of drug-likeness (QED) is 0.724. The van der Waals surface area contributed by atoms with Gasteiger partial charge < -0.3 is 5.32 Å². The third-order valence-corrected chi connectivity index (χ3v) is 3.55. The van der Waals surface area contributed by atoms with E-state index in [1.54, 1.807) is 0 Å². The number of rotatable bonds is 3. The highest BCUT2D eigenvalue weighted by Crippen LogP contribution is 2.32. The molecule has 0 aromatic rings. The lowest BCUT2D eigenvalue weighted by molar-refractivity contribution is -0.121. The molecule has 0 heterocycles. The number of carbonyl (C=O) groups is 1. The maximum absolute atomic E-state index is 11.5. The molecular weight excluding hydrogens is 198 g/mol. The number of hydrogen-bond donors (Lipinski definition) is 1. The molecule has 3 atom stereocenters. The van der Waals surface area contributed by atoms with E-state index in [2.05, 4.69) is 12.2 Å². The van der Waals surface area contributed by atoms with Crippen molar-refractivity contribution in [3.63, 3.8) is 0 Å². The van der Waals surface area contributed by atoms with Crippen LogP contribution in [0.1, 0.15) is 39.5 Å². The summed E-state index contributed by atoms with van der Waals surface area (Å²) in [6, 6.07) is 0. The van der Waals surface area contributed by atoms with Crippen molar-refractivity contribution in [2.75, 3.05) is 6.54 Å². The smallest absolute Gasteiger partial charge is 0.238 e. The Kier molecular flexibility index (Phi) is 4.73. The van der Waals surface area contributed by atoms with Gasteiger partial charge in [-0.1, -0.05) is 19.8 Å². The van der Waals surface area contributed by atoms with Crippen LogP contribution in [0.15, 0.2) is 0 Å². The summed E-state index contributed by atoms with van der Waals surface area (Å²) in [7, 11) is 0. The minimum Gasteiger partial charge on any atom is -0.355 e. The van der Waals surface area contributed by atoms with Crippen molar-refractivity contribution in [1.29, 1.82) is 0 Å². The Morgan fingerprint density at radius 2 is 2.29 bits per heavy atom. The highest BCUT2D eigenvalue weighted by atomic mass is 35.5. The molecular formula is C11H20ClNO. The first-order valence-electron chi connectivity index (χ1n) is 5.57. The topological polar surface area (TPSA) is 29.1 Å². The van der Waals surface area contributed by atoms with Crippen molar-refractivity contribution < 1.29 is 4.79 Å². The van der Waals surface area contributed by atoms with Gasteiger partial charge in [0.2, 0.25) is 5.91 Å². The Labute approximate surface area is 91.4 Å². The summed E-state index contributed by atoms with van der Waals surface area (Å²) in [6.45, 7) is 4.84. The molecule has 0 bridgehead atoms. The van der Waals surface area contributed by atoms with E-state index in [0.717, 1.165) is 18.8 Å². The Morgan fingerprint density at radius 3 is 2.86 bits per heavy atom. The zero-order chi connectivity index (χ0) is 10.6. The highest BCUT2D eigenvalue weighted by molar-refractivity contribution is 6.30. The predicted octanol–water partition coefficient (Wildman–Crippen LogP) is 2.56. The average molecular weight is 218 g/mol. The number of halogens is 1. The van der Waals surface area contributed by atoms with Crippen LogP contribution in [0.4, 0.5) is 0 Å². The fraction of sp³-hybridized carbons (Fsp3) is 0.909. The molecule has 1 N–H and O–H groups in total. The first-order valence-corrected chi connectivity index (χ1v) is 6.00. The third kappa shape index (κ3) is 3.16. The summed E-state index contributed by atoms with van der Waals surface area (Å²) in [6.07, 6.45) is 4.71. The number of alkyl halides is 1. The van der Waals surface area contributed by atoms with Crippen molar-refractivity contribution >= 4 is 17.5 Å². The lowest BCUT2D eigenvalue weighted by Crippen LogP contribution is -2.37. The minimum absolute atomic E-state index is 0.00765. The summed E-state index contributed by atoms with van der Waals surface area (Å²) in [5.41, 5.74) is 0. The van der Waals surface area contributed by atoms with E-state index in [4.69, 9.17) is 11.6 Å². The maximum Gasteiger partial charge on any atom is 0.238 e. The van der Waals surface area contributed by atoms with Crippen LogP contribution in [0.25, 0.3) is 0 Å². The molecule has 0 saturated heterocycles. The van der Waals surface area contributed by atoms with Crippen molar-refractivity contribution in [1.82, 2.24) is 5.32 Å². The Bertz CT molecular complexity index is 196. The molecule has 0 radical (unpaired) electrons. The number of carbonyl (C=O) groups excluding carboxylic acids is 1. The molecule has 3 heteroatoms. The molecule has 82 valence electrons. The monoisotopic (exact) mass is 217 g/mol. The molecule has 1 amide bonds. The molecule has 2 nitrogen and oxygen atoms in total. The SMILES string of the molecule is CCNC(=O)C(Cl)C1CCCC(C)C1. The molecule has 0 spiro atoms. The van der Waals surface area contributed by atoms with E-state index in [1.165, 1.54) is 12.8 Å². The van der Waals surface area contributed by atoms with Gasteiger partial charge in [-0.05, 0) is 31.6 Å². The highest BCUT2D eigenvalue weighted by Gasteiger charge is 2.29. The van der Waals surface area contributed by atoms with Gasteiger partial charge in [0.05, 0.1) is 0 Å². The average Bonchev–Trinajstić information content (AvgIpc) is 2.17. The van der Waals surface area contributed by atoms with E-state index in [9.17, 15) is 4.79 Å². The summed E-state index contributed by atoms with van der Waals surface area (Å²) in [5, 5.41) is 2.46. The van der Waals surface area contributed by atoms with Gasteiger partial charge in [-0.3, -0.25) is 4.79 Å². The molecule has 0 aromatic carbocycles. The standard InChI is InChI=1S/C11H20ClNO/c1-3-13-11(14)10(12)9-6-4-5-8(2)7-9/h8-10H,3-7H2,1-2H3,(H,13,14). The molecule has 3 unspecified atom stereocenters. The second-order valence-electron chi connectivity index (χ2n) is 4.33. The fourth-order valence-electron chi connectivity index (χ4n) is 2.23. The van der Waals surface area contributed by atoms with E-state index in [1.807, 2.05) is 6.92 Å². The normalized spacial score (nSPS) is 29.6. The predicted molar refractivity (Wildman–Crippen MR) is 59.4 cm³/mol. The third-order valence-electron chi connectivity index (χ3n) is 2.99. The summed E-state index contributed by atoms with van der Waals surface area (Å²) >= 11 is 6.14. The molecule has 0 aliphatic heterocycles. The first-order chi connectivity index (χ1) is 6.65. The van der Waals surface area contributed by atoms with Gasteiger partial charge in [0, 0.05) is 6.54 Å². The van der Waals surface area contributed by atoms with E-state index < -0.39 is 0 Å². The van der Waals surface area contributed by atoms with Gasteiger partial charge in [0.1, 0.15) is 5.38 Å². The Hall–Kier alpha value is -0.240. The maximum atomic E-state index is 11.5. The fourth-order valence-corrected chi connectivity index (χ4v) is 2.54. The second kappa shape index (κ2) is 5.59. The van der Waals surface area contributed by atoms with Crippen LogP contribution < -0.4 is 5.32 Å². The number of amides is 1. The van der Waals surface area contributed by atoms with Crippen LogP contribution in [0.3, 0.4) is 0 Å². The molecule has 1 fully saturated rings. The molecule has 1 aliphatic rings. The van der Waals surface area contributed by atoms with Crippen LogP contribution >= 0.6 is 11.6 Å². The molecule has 1 rings (SSSR count). The van der Waals surface area contributed by atoms with Crippen molar-refractivity contribution in [2.24, 2.45) is 11.8 Å². The second-order valence-corrected chi connectivity index (χ2v) is 4.80. The van der Waals surface area contributed by atoms with E-state index >= 15 is 0 Å². The van der Waals surface area contributed by atoms with Crippen LogP contribution in [0.5, 0.6) is 0 Å². The van der Waals surface area contributed by atoms with Crippen LogP contribution in [-0.4, -0.2) is 17.8 Å². The van der Waals surface area contributed by atoms with E-state index in [0.29, 0.717) is 12.5 Å². The van der Waals surface area contributed by atoms with Crippen molar-refractivity contribution in [3.8, 4) is 0 Å². The van der Waals surface area contributed by atoms with Gasteiger partial charge in [0.25, 0.3) is 0 Å². The van der Waals surface area contributed by atoms with Crippen LogP contribution in [-0.2, 0) is 4.79 Å². The first kappa shape index (κ1) is 11.8. The van der Waals surface area contributed by atoms with Gasteiger partial charge >= 0.3 is 0 Å². The van der Waals surface area contributed by atoms with Crippen molar-refractivity contribution in [3.05, 3.63) is 0 Å². The zero-order valence-corrected chi connectivity index (χ0v) is 9.81. The lowest BCUT2D eigenvalue weighted by Gasteiger charge is -2.29. The van der Waals surface area contributed by atoms with Gasteiger partial charge in [0.15, 0.2) is 0 Å². The Balaban J connectivity index is 2.42. The lowest BCUT2D eigenvalue weighted by atomic mass is 9.80. The van der Waals surface area contributed by atoms with Crippen LogP contribution in [0, 0.1) is 11.8 Å². The Morgan fingerprint density at radius 1 is 1.57 bits per heavy atom. The minimum atomic E-state index is -0.322. The summed E-state index contributed by atoms with van der Waals surface area (Å²) in [4.78, 5) is 11.5. The van der Waals surface area contributed by atoms with E-state index in [-0.39, 0.29) is 11.3 Å². The molecule has 1 aliphatic carbocycles. The van der Waals surface area contributed by atoms with Gasteiger partial charge in [-0.15, -0.1) is 11.6 Å². The molecule has 14 heavy (non-hydrogen) atoms. The van der Waals surface area contributed by atoms with Crippen LogP contribution in [0.2, 0.25) is 0 Å². The molecule has 0 aromatic heterocycles. The number of hydrogen-bond acceptors (Lipinski definition) is 1. The van der Waals surface area contributed by atoms with Gasteiger partial charge in [-0.2, -0.15) is 0 Å². The van der Waals surface area contributed by atoms with Gasteiger partial charge in [-0.25, -0.2) is 0 Å². The molecule has 1 saturated carbocycles. The zero-order valence-electron chi connectivity index (χ0n) is 9.05. The number of nitrogens with one attached hydrogen (secondary N) is 1. The summed E-state index contributed by atoms with van der Waals surface area (Å²) in [5.74, 6) is 1.12.